The fourth-order valence-corrected chi connectivity index (χ4v) is 6.74. The van der Waals surface area contributed by atoms with Crippen LogP contribution in [0.2, 0.25) is 0 Å². The Balaban J connectivity index is 2.31. The first-order chi connectivity index (χ1) is 17.6. The quantitative estimate of drug-likeness (QED) is 0.401. The fraction of sp³-hybridized carbons (Fsp3) is 0.552. The number of nitriles is 1. The van der Waals surface area contributed by atoms with E-state index in [1.54, 1.807) is 44.2 Å². The maximum absolute atomic E-state index is 14.1. The number of allylic oxidation sites excluding steroid dienone is 1. The normalized spacial score (nSPS) is 34.8. The van der Waals surface area contributed by atoms with Crippen LogP contribution in [0.1, 0.15) is 64.2 Å². The summed E-state index contributed by atoms with van der Waals surface area (Å²) < 4.78 is 11.5. The SMILES string of the molecule is C=C[C@@]1(C)CC(OC(=O)c2ccccc2)[C@H]2[C@](O)(C1=O)[C@H](OC(C)=O)CC(C(C)(C)C(=O)O)[C@]2(C)CC#N. The Bertz CT molecular complexity index is 1190. The van der Waals surface area contributed by atoms with Gasteiger partial charge in [-0.05, 0) is 50.7 Å². The maximum Gasteiger partial charge on any atom is 0.338 e. The molecular weight excluding hydrogens is 490 g/mol. The van der Waals surface area contributed by atoms with Crippen LogP contribution in [-0.2, 0) is 23.9 Å². The zero-order valence-corrected chi connectivity index (χ0v) is 22.4. The van der Waals surface area contributed by atoms with Gasteiger partial charge in [0.25, 0.3) is 0 Å². The molecular formula is C29H35NO8. The molecule has 0 amide bonds. The molecule has 0 aliphatic heterocycles. The lowest BCUT2D eigenvalue weighted by Crippen LogP contribution is -2.75. The average Bonchev–Trinajstić information content (AvgIpc) is 2.84. The molecule has 0 aromatic heterocycles. The molecule has 9 nitrogen and oxygen atoms in total. The van der Waals surface area contributed by atoms with Crippen LogP contribution < -0.4 is 0 Å². The minimum atomic E-state index is -2.38. The van der Waals surface area contributed by atoms with E-state index in [2.05, 4.69) is 12.6 Å². The van der Waals surface area contributed by atoms with Crippen molar-refractivity contribution >= 4 is 23.7 Å². The second-order valence-electron chi connectivity index (χ2n) is 11.5. The summed E-state index contributed by atoms with van der Waals surface area (Å²) in [7, 11) is 0. The van der Waals surface area contributed by atoms with Gasteiger partial charge in [-0.3, -0.25) is 14.4 Å². The molecule has 1 aromatic carbocycles. The van der Waals surface area contributed by atoms with E-state index >= 15 is 0 Å². The molecule has 2 saturated carbocycles. The zero-order chi connectivity index (χ0) is 28.7. The largest absolute Gasteiger partial charge is 0.481 e. The summed E-state index contributed by atoms with van der Waals surface area (Å²) >= 11 is 0. The number of fused-ring (bicyclic) bond motifs is 1. The smallest absolute Gasteiger partial charge is 0.338 e. The number of hydrogen-bond acceptors (Lipinski definition) is 8. The van der Waals surface area contributed by atoms with Crippen molar-refractivity contribution in [3.8, 4) is 6.07 Å². The highest BCUT2D eigenvalue weighted by atomic mass is 16.6. The highest BCUT2D eigenvalue weighted by Gasteiger charge is 2.73. The molecule has 2 unspecified atom stereocenters. The van der Waals surface area contributed by atoms with Gasteiger partial charge < -0.3 is 19.7 Å². The molecule has 0 radical (unpaired) electrons. The number of carbonyl (C=O) groups is 4. The highest BCUT2D eigenvalue weighted by Crippen LogP contribution is 2.63. The van der Waals surface area contributed by atoms with E-state index in [1.165, 1.54) is 19.9 Å². The number of esters is 2. The number of rotatable bonds is 7. The van der Waals surface area contributed by atoms with Crippen LogP contribution in [0.4, 0.5) is 0 Å². The van der Waals surface area contributed by atoms with E-state index in [4.69, 9.17) is 9.47 Å². The molecule has 3 rings (SSSR count). The van der Waals surface area contributed by atoms with Gasteiger partial charge in [-0.2, -0.15) is 5.26 Å². The average molecular weight is 526 g/mol. The number of nitrogens with zero attached hydrogens (tertiary/aromatic N) is 1. The van der Waals surface area contributed by atoms with E-state index in [-0.39, 0.29) is 24.8 Å². The molecule has 0 spiro atoms. The molecule has 2 fully saturated rings. The number of benzene rings is 1. The first-order valence-corrected chi connectivity index (χ1v) is 12.5. The van der Waals surface area contributed by atoms with Crippen molar-refractivity contribution in [2.75, 3.05) is 0 Å². The Kier molecular flexibility index (Phi) is 7.64. The van der Waals surface area contributed by atoms with Crippen LogP contribution >= 0.6 is 0 Å². The van der Waals surface area contributed by atoms with Crippen molar-refractivity contribution in [3.63, 3.8) is 0 Å². The summed E-state index contributed by atoms with van der Waals surface area (Å²) in [5.41, 5.74) is -6.30. The Morgan fingerprint density at radius 3 is 2.32 bits per heavy atom. The number of aliphatic hydroxyl groups is 1. The molecule has 2 aliphatic carbocycles. The van der Waals surface area contributed by atoms with Gasteiger partial charge in [0.05, 0.1) is 22.5 Å². The lowest BCUT2D eigenvalue weighted by Gasteiger charge is -2.63. The predicted molar refractivity (Wildman–Crippen MR) is 135 cm³/mol. The lowest BCUT2D eigenvalue weighted by molar-refractivity contribution is -0.255. The monoisotopic (exact) mass is 525 g/mol. The molecule has 204 valence electrons. The van der Waals surface area contributed by atoms with E-state index in [9.17, 15) is 34.7 Å². The van der Waals surface area contributed by atoms with Crippen molar-refractivity contribution in [1.29, 1.82) is 5.26 Å². The van der Waals surface area contributed by atoms with Gasteiger partial charge in [0.2, 0.25) is 0 Å². The third kappa shape index (κ3) is 4.51. The summed E-state index contributed by atoms with van der Waals surface area (Å²) in [6.45, 7) is 11.1. The van der Waals surface area contributed by atoms with Gasteiger partial charge in [0.15, 0.2) is 11.4 Å². The Morgan fingerprint density at radius 2 is 1.82 bits per heavy atom. The van der Waals surface area contributed by atoms with Crippen molar-refractivity contribution in [2.24, 2.45) is 28.1 Å². The van der Waals surface area contributed by atoms with Crippen molar-refractivity contribution in [3.05, 3.63) is 48.6 Å². The minimum Gasteiger partial charge on any atom is -0.481 e. The van der Waals surface area contributed by atoms with Crippen LogP contribution in [0.15, 0.2) is 43.0 Å². The second-order valence-corrected chi connectivity index (χ2v) is 11.5. The summed E-state index contributed by atoms with van der Waals surface area (Å²) in [6, 6.07) is 10.3. The van der Waals surface area contributed by atoms with E-state index in [1.807, 2.05) is 0 Å². The number of carboxylic acids is 1. The first-order valence-electron chi connectivity index (χ1n) is 12.5. The third-order valence-corrected chi connectivity index (χ3v) is 8.71. The third-order valence-electron chi connectivity index (χ3n) is 8.71. The van der Waals surface area contributed by atoms with Crippen molar-refractivity contribution < 1.29 is 38.9 Å². The van der Waals surface area contributed by atoms with E-state index in [0.717, 1.165) is 6.92 Å². The Labute approximate surface area is 222 Å². The van der Waals surface area contributed by atoms with Gasteiger partial charge in [-0.1, -0.05) is 31.2 Å². The van der Waals surface area contributed by atoms with Crippen molar-refractivity contribution in [1.82, 2.24) is 0 Å². The summed E-state index contributed by atoms with van der Waals surface area (Å²) in [4.78, 5) is 51.9. The Morgan fingerprint density at radius 1 is 1.21 bits per heavy atom. The van der Waals surface area contributed by atoms with Crippen LogP contribution in [0.5, 0.6) is 0 Å². The standard InChI is InChI=1S/C29H35NO8/c1-7-27(5)16-19(38-23(32)18-11-9-8-10-12-18)22-28(6,13-14-30)20(26(3,4)25(34)35)15-21(37-17(2)31)29(22,36)24(27)33/h7-12,19-22,36H,1,13,15-16H2,2-6H3,(H,34,35)/t19?,20?,21-,22-,27+,28+,29+/m1/s1. The molecule has 7 atom stereocenters. The van der Waals surface area contributed by atoms with Gasteiger partial charge in [0.1, 0.15) is 12.2 Å². The van der Waals surface area contributed by atoms with Crippen LogP contribution in [0.25, 0.3) is 0 Å². The lowest BCUT2D eigenvalue weighted by atomic mass is 9.42. The first kappa shape index (κ1) is 29.1. The second kappa shape index (κ2) is 9.99. The molecule has 1 aromatic rings. The van der Waals surface area contributed by atoms with Crippen LogP contribution in [0, 0.1) is 39.4 Å². The van der Waals surface area contributed by atoms with Gasteiger partial charge in [-0.25, -0.2) is 4.79 Å². The molecule has 0 saturated heterocycles. The van der Waals surface area contributed by atoms with Gasteiger partial charge in [0, 0.05) is 25.7 Å². The topological polar surface area (TPSA) is 151 Å². The fourth-order valence-electron chi connectivity index (χ4n) is 6.74. The predicted octanol–water partition coefficient (Wildman–Crippen LogP) is 3.71. The number of ether oxygens (including phenoxy) is 2. The molecule has 38 heavy (non-hydrogen) atoms. The number of aliphatic carboxylic acids is 1. The molecule has 2 N–H and O–H groups in total. The molecule has 0 bridgehead atoms. The van der Waals surface area contributed by atoms with Gasteiger partial charge in [-0.15, -0.1) is 6.58 Å². The molecule has 2 aliphatic rings. The van der Waals surface area contributed by atoms with Crippen molar-refractivity contribution in [2.45, 2.75) is 71.7 Å². The summed E-state index contributed by atoms with van der Waals surface area (Å²) in [5.74, 6) is -5.42. The molecule has 0 heterocycles. The van der Waals surface area contributed by atoms with E-state index < -0.39 is 69.6 Å². The van der Waals surface area contributed by atoms with E-state index in [0.29, 0.717) is 0 Å². The highest BCUT2D eigenvalue weighted by molar-refractivity contribution is 5.97. The molecule has 9 heteroatoms. The summed E-state index contributed by atoms with van der Waals surface area (Å²) in [6.07, 6.45) is -1.71. The van der Waals surface area contributed by atoms with Gasteiger partial charge >= 0.3 is 17.9 Å². The van der Waals surface area contributed by atoms with Crippen LogP contribution in [0.3, 0.4) is 0 Å². The zero-order valence-electron chi connectivity index (χ0n) is 22.4. The Hall–Kier alpha value is -3.51. The minimum absolute atomic E-state index is 0.0606. The number of Topliss-reactive ketones (excluding diaryl/α,β-unsaturated/α-hetero) is 1. The number of hydrogen-bond donors (Lipinski definition) is 2. The number of carbonyl (C=O) groups excluding carboxylic acids is 3. The number of carboxylic acid groups (broad SMARTS) is 1. The maximum atomic E-state index is 14.1. The van der Waals surface area contributed by atoms with Crippen LogP contribution in [-0.4, -0.2) is 51.7 Å². The summed E-state index contributed by atoms with van der Waals surface area (Å²) in [5, 5.41) is 32.4. The number of ketones is 1.